The van der Waals surface area contributed by atoms with E-state index in [0.717, 1.165) is 17.7 Å². The lowest BCUT2D eigenvalue weighted by Gasteiger charge is -2.23. The highest BCUT2D eigenvalue weighted by Crippen LogP contribution is 2.25. The molecular formula is C15H22N4. The summed E-state index contributed by atoms with van der Waals surface area (Å²) in [5, 5.41) is 4.69. The van der Waals surface area contributed by atoms with Gasteiger partial charge in [-0.1, -0.05) is 13.0 Å². The molecule has 0 radical (unpaired) electrons. The Morgan fingerprint density at radius 3 is 2.58 bits per heavy atom. The summed E-state index contributed by atoms with van der Waals surface area (Å²) in [5.41, 5.74) is 10.9. The molecule has 0 aliphatic carbocycles. The third-order valence-corrected chi connectivity index (χ3v) is 3.62. The van der Waals surface area contributed by atoms with E-state index in [-0.39, 0.29) is 12.1 Å². The van der Waals surface area contributed by atoms with Gasteiger partial charge in [0, 0.05) is 24.1 Å². The fourth-order valence-electron chi connectivity index (χ4n) is 2.70. The molecule has 2 unspecified atom stereocenters. The number of aromatic nitrogens is 3. The zero-order valence-corrected chi connectivity index (χ0v) is 12.1. The first-order valence-corrected chi connectivity index (χ1v) is 6.76. The third kappa shape index (κ3) is 2.54. The number of pyridine rings is 1. The standard InChI is InChI=1S/C15H22N4/c1-5-14-11(3)18-19(12(14)4)15(10(2)16)13-7-6-8-17-9-13/h6-10,15H,5,16H2,1-4H3. The number of nitrogens with two attached hydrogens (primary N) is 1. The van der Waals surface area contributed by atoms with Gasteiger partial charge in [-0.2, -0.15) is 5.10 Å². The van der Waals surface area contributed by atoms with E-state index in [1.165, 1.54) is 11.3 Å². The fraction of sp³-hybridized carbons (Fsp3) is 0.467. The monoisotopic (exact) mass is 258 g/mol. The summed E-state index contributed by atoms with van der Waals surface area (Å²) >= 11 is 0. The van der Waals surface area contributed by atoms with Gasteiger partial charge in [-0.3, -0.25) is 9.67 Å². The number of nitrogens with zero attached hydrogens (tertiary/aromatic N) is 3. The minimum Gasteiger partial charge on any atom is -0.326 e. The fourth-order valence-corrected chi connectivity index (χ4v) is 2.70. The SMILES string of the molecule is CCc1c(C)nn(C(c2cccnc2)C(C)N)c1C. The molecule has 0 aliphatic rings. The van der Waals surface area contributed by atoms with E-state index in [1.54, 1.807) is 6.20 Å². The number of aryl methyl sites for hydroxylation is 1. The summed E-state index contributed by atoms with van der Waals surface area (Å²) in [6, 6.07) is 4.01. The highest BCUT2D eigenvalue weighted by molar-refractivity contribution is 5.27. The predicted molar refractivity (Wildman–Crippen MR) is 77.1 cm³/mol. The molecule has 2 N–H and O–H groups in total. The molecule has 0 aliphatic heterocycles. The van der Waals surface area contributed by atoms with Crippen molar-refractivity contribution in [1.82, 2.24) is 14.8 Å². The maximum atomic E-state index is 6.18. The molecule has 0 amide bonds. The average Bonchev–Trinajstić information content (AvgIpc) is 2.66. The average molecular weight is 258 g/mol. The van der Waals surface area contributed by atoms with Crippen LogP contribution >= 0.6 is 0 Å². The van der Waals surface area contributed by atoms with Crippen molar-refractivity contribution in [3.05, 3.63) is 47.0 Å². The Labute approximate surface area is 114 Å². The van der Waals surface area contributed by atoms with Gasteiger partial charge < -0.3 is 5.73 Å². The molecule has 0 saturated carbocycles. The Hall–Kier alpha value is -1.68. The van der Waals surface area contributed by atoms with Crippen molar-refractivity contribution in [1.29, 1.82) is 0 Å². The molecule has 4 nitrogen and oxygen atoms in total. The molecule has 2 rings (SSSR count). The van der Waals surface area contributed by atoms with E-state index >= 15 is 0 Å². The number of hydrogen-bond donors (Lipinski definition) is 1. The molecule has 102 valence electrons. The van der Waals surface area contributed by atoms with E-state index < -0.39 is 0 Å². The van der Waals surface area contributed by atoms with Crippen molar-refractivity contribution in [2.45, 2.75) is 46.2 Å². The van der Waals surface area contributed by atoms with Crippen LogP contribution in [-0.4, -0.2) is 20.8 Å². The number of rotatable bonds is 4. The van der Waals surface area contributed by atoms with Crippen LogP contribution in [-0.2, 0) is 6.42 Å². The van der Waals surface area contributed by atoms with Gasteiger partial charge in [-0.15, -0.1) is 0 Å². The summed E-state index contributed by atoms with van der Waals surface area (Å²) in [5.74, 6) is 0. The van der Waals surface area contributed by atoms with Crippen molar-refractivity contribution in [2.24, 2.45) is 5.73 Å². The first-order chi connectivity index (χ1) is 9.06. The van der Waals surface area contributed by atoms with E-state index in [1.807, 2.05) is 19.2 Å². The molecule has 0 aromatic carbocycles. The van der Waals surface area contributed by atoms with Gasteiger partial charge in [0.05, 0.1) is 11.7 Å². The normalized spacial score (nSPS) is 14.4. The van der Waals surface area contributed by atoms with Crippen LogP contribution in [0.2, 0.25) is 0 Å². The lowest BCUT2D eigenvalue weighted by atomic mass is 10.0. The van der Waals surface area contributed by atoms with E-state index in [4.69, 9.17) is 5.73 Å². The first kappa shape index (κ1) is 13.7. The highest BCUT2D eigenvalue weighted by Gasteiger charge is 2.23. The maximum Gasteiger partial charge on any atom is 0.0934 e. The maximum absolute atomic E-state index is 6.18. The zero-order chi connectivity index (χ0) is 14.0. The lowest BCUT2D eigenvalue weighted by molar-refractivity contribution is 0.442. The molecule has 2 aromatic rings. The minimum absolute atomic E-state index is 0.0214. The zero-order valence-electron chi connectivity index (χ0n) is 12.1. The van der Waals surface area contributed by atoms with Gasteiger partial charge in [0.25, 0.3) is 0 Å². The molecule has 2 heterocycles. The molecule has 0 spiro atoms. The quantitative estimate of drug-likeness (QED) is 0.916. The Bertz CT molecular complexity index is 543. The van der Waals surface area contributed by atoms with Crippen LogP contribution in [0, 0.1) is 13.8 Å². The summed E-state index contributed by atoms with van der Waals surface area (Å²) in [6.45, 7) is 8.35. The second kappa shape index (κ2) is 5.53. The van der Waals surface area contributed by atoms with E-state index in [2.05, 4.69) is 41.6 Å². The summed E-state index contributed by atoms with van der Waals surface area (Å²) in [6.07, 6.45) is 4.65. The highest BCUT2D eigenvalue weighted by atomic mass is 15.3. The Morgan fingerprint density at radius 2 is 2.11 bits per heavy atom. The lowest BCUT2D eigenvalue weighted by Crippen LogP contribution is -2.31. The van der Waals surface area contributed by atoms with Crippen LogP contribution in [0.3, 0.4) is 0 Å². The Kier molecular flexibility index (Phi) is 4.00. The molecule has 0 bridgehead atoms. The largest absolute Gasteiger partial charge is 0.326 e. The second-order valence-electron chi connectivity index (χ2n) is 5.04. The van der Waals surface area contributed by atoms with Gasteiger partial charge >= 0.3 is 0 Å². The molecule has 19 heavy (non-hydrogen) atoms. The Balaban J connectivity index is 2.52. The minimum atomic E-state index is -0.0214. The molecule has 4 heteroatoms. The molecule has 2 atom stereocenters. The van der Waals surface area contributed by atoms with E-state index in [0.29, 0.717) is 0 Å². The van der Waals surface area contributed by atoms with Gasteiger partial charge in [0.1, 0.15) is 0 Å². The Morgan fingerprint density at radius 1 is 1.37 bits per heavy atom. The van der Waals surface area contributed by atoms with Gasteiger partial charge in [0.15, 0.2) is 0 Å². The van der Waals surface area contributed by atoms with Crippen molar-refractivity contribution in [3.63, 3.8) is 0 Å². The van der Waals surface area contributed by atoms with Crippen LogP contribution in [0.15, 0.2) is 24.5 Å². The van der Waals surface area contributed by atoms with Crippen LogP contribution in [0.25, 0.3) is 0 Å². The van der Waals surface area contributed by atoms with Crippen molar-refractivity contribution >= 4 is 0 Å². The molecule has 2 aromatic heterocycles. The van der Waals surface area contributed by atoms with Crippen LogP contribution in [0.1, 0.15) is 42.4 Å². The second-order valence-corrected chi connectivity index (χ2v) is 5.04. The smallest absolute Gasteiger partial charge is 0.0934 e. The predicted octanol–water partition coefficient (Wildman–Crippen LogP) is 2.39. The van der Waals surface area contributed by atoms with Crippen LogP contribution < -0.4 is 5.73 Å². The first-order valence-electron chi connectivity index (χ1n) is 6.76. The third-order valence-electron chi connectivity index (χ3n) is 3.62. The number of hydrogen-bond acceptors (Lipinski definition) is 3. The summed E-state index contributed by atoms with van der Waals surface area (Å²) in [4.78, 5) is 4.20. The van der Waals surface area contributed by atoms with E-state index in [9.17, 15) is 0 Å². The van der Waals surface area contributed by atoms with Gasteiger partial charge in [-0.05, 0) is 44.4 Å². The van der Waals surface area contributed by atoms with Crippen molar-refractivity contribution < 1.29 is 0 Å². The van der Waals surface area contributed by atoms with Crippen molar-refractivity contribution in [3.8, 4) is 0 Å². The topological polar surface area (TPSA) is 56.7 Å². The molecule has 0 saturated heterocycles. The molecular weight excluding hydrogens is 236 g/mol. The van der Waals surface area contributed by atoms with Crippen LogP contribution in [0.5, 0.6) is 0 Å². The van der Waals surface area contributed by atoms with Gasteiger partial charge in [-0.25, -0.2) is 0 Å². The summed E-state index contributed by atoms with van der Waals surface area (Å²) in [7, 11) is 0. The van der Waals surface area contributed by atoms with Gasteiger partial charge in [0.2, 0.25) is 0 Å². The van der Waals surface area contributed by atoms with Crippen molar-refractivity contribution in [2.75, 3.05) is 0 Å². The summed E-state index contributed by atoms with van der Waals surface area (Å²) < 4.78 is 2.05. The van der Waals surface area contributed by atoms with Crippen LogP contribution in [0.4, 0.5) is 0 Å². The molecule has 0 fully saturated rings.